The Morgan fingerprint density at radius 2 is 1.53 bits per heavy atom. The van der Waals surface area contributed by atoms with Gasteiger partial charge in [0.2, 0.25) is 0 Å². The summed E-state index contributed by atoms with van der Waals surface area (Å²) in [4.78, 5) is 27.1. The molecule has 0 aromatic carbocycles. The van der Waals surface area contributed by atoms with Crippen molar-refractivity contribution in [1.82, 2.24) is 9.80 Å². The number of aliphatic carboxylic acids is 1. The Balaban J connectivity index is 1.88. The van der Waals surface area contributed by atoms with Crippen LogP contribution in [0.3, 0.4) is 0 Å². The highest BCUT2D eigenvalue weighted by Gasteiger charge is 2.32. The van der Waals surface area contributed by atoms with Crippen LogP contribution >= 0.6 is 0 Å². The molecule has 0 aromatic heterocycles. The Labute approximate surface area is 114 Å². The lowest BCUT2D eigenvalue weighted by Crippen LogP contribution is -2.51. The number of rotatable bonds is 1. The van der Waals surface area contributed by atoms with Crippen molar-refractivity contribution in [2.75, 3.05) is 26.2 Å². The minimum absolute atomic E-state index is 0.0993. The molecule has 2 fully saturated rings. The molecule has 2 amide bonds. The van der Waals surface area contributed by atoms with Crippen molar-refractivity contribution in [2.24, 2.45) is 17.8 Å². The lowest BCUT2D eigenvalue weighted by atomic mass is 9.92. The molecule has 5 nitrogen and oxygen atoms in total. The molecule has 0 radical (unpaired) electrons. The van der Waals surface area contributed by atoms with Gasteiger partial charge < -0.3 is 14.9 Å². The van der Waals surface area contributed by atoms with E-state index in [1.54, 1.807) is 0 Å². The van der Waals surface area contributed by atoms with Gasteiger partial charge in [-0.15, -0.1) is 0 Å². The molecular formula is C14H24N2O3. The summed E-state index contributed by atoms with van der Waals surface area (Å²) in [7, 11) is 0. The molecule has 0 aromatic rings. The van der Waals surface area contributed by atoms with Crippen molar-refractivity contribution in [3.8, 4) is 0 Å². The molecule has 1 N–H and O–H groups in total. The molecule has 2 heterocycles. The lowest BCUT2D eigenvalue weighted by molar-refractivity contribution is -0.143. The average Bonchev–Trinajstić information content (AvgIpc) is 2.37. The van der Waals surface area contributed by atoms with Gasteiger partial charge in [0, 0.05) is 26.2 Å². The van der Waals surface area contributed by atoms with Crippen LogP contribution in [-0.4, -0.2) is 53.1 Å². The summed E-state index contributed by atoms with van der Waals surface area (Å²) >= 11 is 0. The molecule has 2 unspecified atom stereocenters. The molecule has 2 atom stereocenters. The number of urea groups is 1. The van der Waals surface area contributed by atoms with Crippen molar-refractivity contribution in [1.29, 1.82) is 0 Å². The van der Waals surface area contributed by atoms with Crippen LogP contribution in [0.1, 0.15) is 33.1 Å². The predicted molar refractivity (Wildman–Crippen MR) is 71.8 cm³/mol. The summed E-state index contributed by atoms with van der Waals surface area (Å²) in [6, 6.07) is 0.0993. The minimum Gasteiger partial charge on any atom is -0.481 e. The van der Waals surface area contributed by atoms with Crippen molar-refractivity contribution in [3.63, 3.8) is 0 Å². The zero-order valence-corrected chi connectivity index (χ0v) is 11.8. The summed E-state index contributed by atoms with van der Waals surface area (Å²) in [5.41, 5.74) is 0. The molecule has 0 spiro atoms. The zero-order chi connectivity index (χ0) is 14.0. The van der Waals surface area contributed by atoms with Crippen molar-refractivity contribution in [2.45, 2.75) is 33.1 Å². The molecule has 0 aliphatic carbocycles. The average molecular weight is 268 g/mol. The number of carbonyl (C=O) groups is 2. The smallest absolute Gasteiger partial charge is 0.320 e. The van der Waals surface area contributed by atoms with E-state index in [1.165, 1.54) is 6.42 Å². The third kappa shape index (κ3) is 3.39. The monoisotopic (exact) mass is 268 g/mol. The normalized spacial score (nSPS) is 29.4. The van der Waals surface area contributed by atoms with E-state index >= 15 is 0 Å². The molecular weight excluding hydrogens is 244 g/mol. The molecule has 0 bridgehead atoms. The highest BCUT2D eigenvalue weighted by atomic mass is 16.4. The quantitative estimate of drug-likeness (QED) is 0.790. The maximum absolute atomic E-state index is 12.4. The van der Waals surface area contributed by atoms with Crippen LogP contribution in [0.2, 0.25) is 0 Å². The number of carbonyl (C=O) groups excluding carboxylic acids is 1. The molecule has 2 saturated heterocycles. The van der Waals surface area contributed by atoms with Crippen LogP contribution in [-0.2, 0) is 4.79 Å². The fraction of sp³-hybridized carbons (Fsp3) is 0.857. The van der Waals surface area contributed by atoms with Crippen LogP contribution in [0.25, 0.3) is 0 Å². The van der Waals surface area contributed by atoms with Crippen LogP contribution in [0.5, 0.6) is 0 Å². The van der Waals surface area contributed by atoms with E-state index < -0.39 is 5.97 Å². The van der Waals surface area contributed by atoms with E-state index in [1.807, 2.05) is 9.80 Å². The third-order valence-corrected chi connectivity index (χ3v) is 4.25. The molecule has 2 rings (SSSR count). The zero-order valence-electron chi connectivity index (χ0n) is 11.8. The number of hydrogen-bond donors (Lipinski definition) is 1. The second-order valence-corrected chi connectivity index (χ2v) is 6.23. The molecule has 19 heavy (non-hydrogen) atoms. The summed E-state index contributed by atoms with van der Waals surface area (Å²) < 4.78 is 0. The van der Waals surface area contributed by atoms with Gasteiger partial charge in [0.05, 0.1) is 5.92 Å². The largest absolute Gasteiger partial charge is 0.481 e. The SMILES string of the molecule is CC1CC(C)CN(C(=O)N2CCC(C(=O)O)CC2)C1. The first-order chi connectivity index (χ1) is 8.97. The van der Waals surface area contributed by atoms with Crippen LogP contribution in [0.15, 0.2) is 0 Å². The number of amides is 2. The van der Waals surface area contributed by atoms with E-state index in [2.05, 4.69) is 13.8 Å². The number of carboxylic acid groups (broad SMARTS) is 1. The minimum atomic E-state index is -0.729. The number of nitrogens with zero attached hydrogens (tertiary/aromatic N) is 2. The summed E-state index contributed by atoms with van der Waals surface area (Å²) in [5, 5.41) is 8.97. The number of carboxylic acids is 1. The fourth-order valence-electron chi connectivity index (χ4n) is 3.34. The topological polar surface area (TPSA) is 60.9 Å². The lowest BCUT2D eigenvalue weighted by Gasteiger charge is -2.40. The van der Waals surface area contributed by atoms with E-state index in [4.69, 9.17) is 5.11 Å². The van der Waals surface area contributed by atoms with Crippen molar-refractivity contribution >= 4 is 12.0 Å². The Bertz CT molecular complexity index is 341. The van der Waals surface area contributed by atoms with Gasteiger partial charge in [-0.2, -0.15) is 0 Å². The van der Waals surface area contributed by atoms with Crippen LogP contribution < -0.4 is 0 Å². The van der Waals surface area contributed by atoms with E-state index in [0.29, 0.717) is 37.8 Å². The Kier molecular flexibility index (Phi) is 4.32. The molecule has 2 aliphatic rings. The molecule has 5 heteroatoms. The molecule has 0 saturated carbocycles. The third-order valence-electron chi connectivity index (χ3n) is 4.25. The number of hydrogen-bond acceptors (Lipinski definition) is 2. The second-order valence-electron chi connectivity index (χ2n) is 6.23. The summed E-state index contributed by atoms with van der Waals surface area (Å²) in [6.07, 6.45) is 2.35. The van der Waals surface area contributed by atoms with E-state index in [9.17, 15) is 9.59 Å². The Morgan fingerprint density at radius 1 is 1.00 bits per heavy atom. The van der Waals surface area contributed by atoms with Gasteiger partial charge in [-0.05, 0) is 31.1 Å². The van der Waals surface area contributed by atoms with Crippen molar-refractivity contribution in [3.05, 3.63) is 0 Å². The van der Waals surface area contributed by atoms with Crippen LogP contribution in [0.4, 0.5) is 4.79 Å². The summed E-state index contributed by atoms with van der Waals surface area (Å²) in [6.45, 7) is 7.20. The number of piperidine rings is 2. The summed E-state index contributed by atoms with van der Waals surface area (Å²) in [5.74, 6) is 0.115. The first-order valence-corrected chi connectivity index (χ1v) is 7.24. The van der Waals surface area contributed by atoms with Gasteiger partial charge in [0.1, 0.15) is 0 Å². The number of likely N-dealkylation sites (tertiary alicyclic amines) is 2. The molecule has 2 aliphatic heterocycles. The fourth-order valence-corrected chi connectivity index (χ4v) is 3.34. The van der Waals surface area contributed by atoms with Gasteiger partial charge in [-0.3, -0.25) is 4.79 Å². The highest BCUT2D eigenvalue weighted by molar-refractivity contribution is 5.75. The first kappa shape index (κ1) is 14.2. The van der Waals surface area contributed by atoms with Crippen LogP contribution in [0, 0.1) is 17.8 Å². The van der Waals surface area contributed by atoms with Gasteiger partial charge in [0.25, 0.3) is 0 Å². The van der Waals surface area contributed by atoms with Gasteiger partial charge in [-0.25, -0.2) is 4.79 Å². The first-order valence-electron chi connectivity index (χ1n) is 7.24. The maximum atomic E-state index is 12.4. The molecule has 108 valence electrons. The van der Waals surface area contributed by atoms with Gasteiger partial charge in [-0.1, -0.05) is 13.8 Å². The van der Waals surface area contributed by atoms with Gasteiger partial charge in [0.15, 0.2) is 0 Å². The standard InChI is InChI=1S/C14H24N2O3/c1-10-7-11(2)9-16(8-10)14(19)15-5-3-12(4-6-15)13(17)18/h10-12H,3-9H2,1-2H3,(H,17,18). The van der Waals surface area contributed by atoms with Crippen molar-refractivity contribution < 1.29 is 14.7 Å². The second kappa shape index (κ2) is 5.80. The van der Waals surface area contributed by atoms with E-state index in [0.717, 1.165) is 13.1 Å². The van der Waals surface area contributed by atoms with Gasteiger partial charge >= 0.3 is 12.0 Å². The predicted octanol–water partition coefficient (Wildman–Crippen LogP) is 1.88. The maximum Gasteiger partial charge on any atom is 0.320 e. The Morgan fingerprint density at radius 3 is 2.00 bits per heavy atom. The highest BCUT2D eigenvalue weighted by Crippen LogP contribution is 2.24. The van der Waals surface area contributed by atoms with E-state index in [-0.39, 0.29) is 11.9 Å². The Hall–Kier alpha value is -1.26.